The second kappa shape index (κ2) is 14.6. The molecule has 0 fully saturated rings. The highest BCUT2D eigenvalue weighted by Gasteiger charge is 2.21. The summed E-state index contributed by atoms with van der Waals surface area (Å²) < 4.78 is 6.27. The first-order valence-electron chi connectivity index (χ1n) is 19.8. The van der Waals surface area contributed by atoms with Crippen LogP contribution in [-0.4, -0.2) is 26.4 Å². The number of anilines is 1. The lowest BCUT2D eigenvalue weighted by Crippen LogP contribution is -2.18. The molecule has 10 aromatic rings. The zero-order valence-corrected chi connectivity index (χ0v) is 32.2. The number of rotatable bonds is 7. The van der Waals surface area contributed by atoms with Gasteiger partial charge < -0.3 is 4.42 Å². The Morgan fingerprint density at radius 1 is 0.467 bits per heavy atom. The number of allylic oxidation sites excluding steroid dienone is 1. The van der Waals surface area contributed by atoms with E-state index in [9.17, 15) is 5.41 Å². The zero-order valence-electron chi connectivity index (χ0n) is 32.2. The third kappa shape index (κ3) is 6.31. The number of hydrogen-bond acceptors (Lipinski definition) is 7. The number of nitrogens with one attached hydrogen (secondary N) is 2. The van der Waals surface area contributed by atoms with Gasteiger partial charge in [0, 0.05) is 33.0 Å². The van der Waals surface area contributed by atoms with Crippen LogP contribution in [0, 0.1) is 5.41 Å². The van der Waals surface area contributed by atoms with Gasteiger partial charge in [0.15, 0.2) is 17.5 Å². The van der Waals surface area contributed by atoms with Gasteiger partial charge in [0.05, 0.1) is 11.4 Å². The van der Waals surface area contributed by atoms with E-state index >= 15 is 0 Å². The zero-order chi connectivity index (χ0) is 40.0. The first-order valence-corrected chi connectivity index (χ1v) is 19.8. The van der Waals surface area contributed by atoms with Gasteiger partial charge in [-0.3, -0.25) is 10.8 Å². The van der Waals surface area contributed by atoms with Crippen molar-refractivity contribution in [3.05, 3.63) is 199 Å². The van der Waals surface area contributed by atoms with Crippen LogP contribution in [0.2, 0.25) is 0 Å². The number of hydrogen-bond donors (Lipinski definition) is 2. The standard InChI is InChI=1S/C53H34N6O/c54-50-45(59-58-41-15-5-2-6-16-41)30-29-36-25-23-35-24-28-39(32-44(35)48(36)50)38-13-9-14-40(31-38)52-55-51(37-26-21-34(22-27-37)33-11-3-1-4-12-33)56-53(57-52)43-18-10-20-47-49(43)42-17-7-8-19-46(42)60-47/h1-32,54,58H/b54-50?,59-45-. The highest BCUT2D eigenvalue weighted by atomic mass is 16.3. The van der Waals surface area contributed by atoms with Crippen molar-refractivity contribution in [1.29, 1.82) is 5.41 Å². The number of aromatic nitrogens is 3. The molecule has 2 N–H and O–H groups in total. The SMILES string of the molecule is N=C1/C(=N\Nc2ccccc2)C=Cc2ccc3ccc(-c4cccc(-c5nc(-c6ccc(-c7ccccc7)cc6)nc(-c6cccc7oc8ccccc8c67)n5)c4)cc3c21. The summed E-state index contributed by atoms with van der Waals surface area (Å²) in [5.74, 6) is 1.70. The Bertz CT molecular complexity index is 3350. The molecule has 0 unspecified atom stereocenters. The van der Waals surface area contributed by atoms with E-state index in [1.54, 1.807) is 0 Å². The van der Waals surface area contributed by atoms with Crippen LogP contribution < -0.4 is 5.43 Å². The number of fused-ring (bicyclic) bond motifs is 6. The van der Waals surface area contributed by atoms with Crippen LogP contribution in [0.5, 0.6) is 0 Å². The molecule has 11 rings (SSSR count). The van der Waals surface area contributed by atoms with E-state index in [1.165, 1.54) is 0 Å². The maximum absolute atomic E-state index is 9.27. The molecule has 0 atom stereocenters. The van der Waals surface area contributed by atoms with Crippen LogP contribution in [0.15, 0.2) is 198 Å². The number of hydrazone groups is 1. The van der Waals surface area contributed by atoms with E-state index in [4.69, 9.17) is 19.4 Å². The molecule has 2 heterocycles. The van der Waals surface area contributed by atoms with Crippen molar-refractivity contribution in [3.63, 3.8) is 0 Å². The summed E-state index contributed by atoms with van der Waals surface area (Å²) in [6, 6.07) is 61.5. The van der Waals surface area contributed by atoms with E-state index in [0.717, 1.165) is 88.5 Å². The number of benzene rings is 8. The molecular formula is C53H34N6O. The maximum atomic E-state index is 9.27. The fraction of sp³-hybridized carbons (Fsp3) is 0. The van der Waals surface area contributed by atoms with Gasteiger partial charge in [0.25, 0.3) is 0 Å². The van der Waals surface area contributed by atoms with Gasteiger partial charge in [-0.1, -0.05) is 152 Å². The van der Waals surface area contributed by atoms with Gasteiger partial charge in [-0.25, -0.2) is 15.0 Å². The maximum Gasteiger partial charge on any atom is 0.164 e. The first kappa shape index (κ1) is 34.9. The molecule has 0 spiro atoms. The van der Waals surface area contributed by atoms with Crippen LogP contribution in [0.1, 0.15) is 11.1 Å². The van der Waals surface area contributed by atoms with E-state index in [-0.39, 0.29) is 0 Å². The van der Waals surface area contributed by atoms with E-state index in [1.807, 2.05) is 103 Å². The lowest BCUT2D eigenvalue weighted by Gasteiger charge is -2.17. The number of nitrogens with zero attached hydrogens (tertiary/aromatic N) is 4. The summed E-state index contributed by atoms with van der Waals surface area (Å²) >= 11 is 0. The molecule has 7 heteroatoms. The van der Waals surface area contributed by atoms with Crippen molar-refractivity contribution >= 4 is 55.9 Å². The average molecular weight is 771 g/mol. The Labute approximate surface area is 345 Å². The fourth-order valence-electron chi connectivity index (χ4n) is 8.04. The summed E-state index contributed by atoms with van der Waals surface area (Å²) in [6.45, 7) is 0. The van der Waals surface area contributed by atoms with Crippen molar-refractivity contribution in [2.45, 2.75) is 0 Å². The first-order chi connectivity index (χ1) is 29.6. The van der Waals surface area contributed by atoms with Gasteiger partial charge in [-0.15, -0.1) is 0 Å². The van der Waals surface area contributed by atoms with Gasteiger partial charge in [-0.05, 0) is 81.1 Å². The molecule has 1 aliphatic rings. The van der Waals surface area contributed by atoms with Crippen molar-refractivity contribution in [2.24, 2.45) is 5.10 Å². The average Bonchev–Trinajstić information content (AvgIpc) is 3.71. The molecule has 8 aromatic carbocycles. The van der Waals surface area contributed by atoms with Gasteiger partial charge in [0.1, 0.15) is 16.9 Å². The Kier molecular flexibility index (Phi) is 8.48. The molecule has 0 amide bonds. The summed E-state index contributed by atoms with van der Waals surface area (Å²) in [7, 11) is 0. The Balaban J connectivity index is 1.02. The van der Waals surface area contributed by atoms with Crippen molar-refractivity contribution in [2.75, 3.05) is 5.43 Å². The molecule has 2 aromatic heterocycles. The topological polar surface area (TPSA) is 100 Å². The minimum Gasteiger partial charge on any atom is -0.456 e. The molecule has 0 aliphatic heterocycles. The smallest absolute Gasteiger partial charge is 0.164 e. The molecule has 1 aliphatic carbocycles. The lowest BCUT2D eigenvalue weighted by atomic mass is 9.88. The van der Waals surface area contributed by atoms with Crippen molar-refractivity contribution < 1.29 is 4.42 Å². The van der Waals surface area contributed by atoms with E-state index in [2.05, 4.69) is 102 Å². The third-order valence-electron chi connectivity index (χ3n) is 11.0. The number of para-hydroxylation sites is 2. The molecule has 282 valence electrons. The number of furan rings is 1. The van der Waals surface area contributed by atoms with E-state index in [0.29, 0.717) is 28.9 Å². The normalized spacial score (nSPS) is 13.0. The molecule has 7 nitrogen and oxygen atoms in total. The molecule has 0 saturated heterocycles. The predicted octanol–water partition coefficient (Wildman–Crippen LogP) is 13.1. The fourth-order valence-corrected chi connectivity index (χ4v) is 8.04. The van der Waals surface area contributed by atoms with E-state index < -0.39 is 0 Å². The van der Waals surface area contributed by atoms with Gasteiger partial charge in [0.2, 0.25) is 0 Å². The van der Waals surface area contributed by atoms with Crippen LogP contribution in [0.4, 0.5) is 5.69 Å². The van der Waals surface area contributed by atoms with Crippen LogP contribution in [-0.2, 0) is 0 Å². The van der Waals surface area contributed by atoms with Crippen molar-refractivity contribution in [1.82, 2.24) is 15.0 Å². The Morgan fingerprint density at radius 3 is 1.93 bits per heavy atom. The highest BCUT2D eigenvalue weighted by molar-refractivity contribution is 6.55. The second-order valence-electron chi connectivity index (χ2n) is 14.8. The Hall–Kier alpha value is -8.29. The summed E-state index contributed by atoms with van der Waals surface area (Å²) in [5.41, 5.74) is 15.2. The third-order valence-corrected chi connectivity index (χ3v) is 11.0. The monoisotopic (exact) mass is 770 g/mol. The minimum atomic E-state index is 0.370. The minimum absolute atomic E-state index is 0.370. The van der Waals surface area contributed by atoms with Crippen LogP contribution in [0.3, 0.4) is 0 Å². The molecule has 60 heavy (non-hydrogen) atoms. The molecular weight excluding hydrogens is 737 g/mol. The van der Waals surface area contributed by atoms with Gasteiger partial charge in [-0.2, -0.15) is 5.10 Å². The predicted molar refractivity (Wildman–Crippen MR) is 245 cm³/mol. The summed E-state index contributed by atoms with van der Waals surface area (Å²) in [5, 5.41) is 17.9. The molecule has 0 saturated carbocycles. The quantitative estimate of drug-likeness (QED) is 0.157. The Morgan fingerprint density at radius 2 is 1.08 bits per heavy atom. The van der Waals surface area contributed by atoms with Crippen LogP contribution >= 0.6 is 0 Å². The van der Waals surface area contributed by atoms with Crippen LogP contribution in [0.25, 0.3) is 95.2 Å². The summed E-state index contributed by atoms with van der Waals surface area (Å²) in [4.78, 5) is 15.4. The second-order valence-corrected chi connectivity index (χ2v) is 14.8. The largest absolute Gasteiger partial charge is 0.456 e. The molecule has 0 radical (unpaired) electrons. The van der Waals surface area contributed by atoms with Crippen molar-refractivity contribution in [3.8, 4) is 56.4 Å². The summed E-state index contributed by atoms with van der Waals surface area (Å²) in [6.07, 6.45) is 3.92. The van der Waals surface area contributed by atoms with Gasteiger partial charge >= 0.3 is 0 Å². The lowest BCUT2D eigenvalue weighted by molar-refractivity contribution is 0.669. The molecule has 0 bridgehead atoms. The highest BCUT2D eigenvalue weighted by Crippen LogP contribution is 2.38.